The van der Waals surface area contributed by atoms with Crippen molar-refractivity contribution in [3.63, 3.8) is 0 Å². The predicted molar refractivity (Wildman–Crippen MR) is 67.2 cm³/mol. The van der Waals surface area contributed by atoms with Crippen molar-refractivity contribution in [2.24, 2.45) is 0 Å². The van der Waals surface area contributed by atoms with Crippen LogP contribution >= 0.6 is 23.1 Å². The van der Waals surface area contributed by atoms with E-state index in [0.29, 0.717) is 12.2 Å². The van der Waals surface area contributed by atoms with Crippen LogP contribution in [0.15, 0.2) is 22.5 Å². The number of benzene rings is 1. The summed E-state index contributed by atoms with van der Waals surface area (Å²) in [5.74, 6) is 0.693. The topological polar surface area (TPSA) is 79.8 Å². The van der Waals surface area contributed by atoms with Crippen LogP contribution in [0.2, 0.25) is 0 Å². The lowest BCUT2D eigenvalue weighted by atomic mass is 10.3. The zero-order valence-electron chi connectivity index (χ0n) is 8.62. The zero-order valence-corrected chi connectivity index (χ0v) is 10.3. The summed E-state index contributed by atoms with van der Waals surface area (Å²) in [5, 5.41) is 19.0. The molecule has 5 nitrogen and oxygen atoms in total. The normalized spacial score (nSPS) is 10.3. The number of nitriles is 1. The molecule has 1 aromatic heterocycles. The molecule has 0 unspecified atom stereocenters. The summed E-state index contributed by atoms with van der Waals surface area (Å²) in [7, 11) is 0. The third-order valence-electron chi connectivity index (χ3n) is 2.00. The van der Waals surface area contributed by atoms with Crippen molar-refractivity contribution in [1.29, 1.82) is 5.26 Å². The van der Waals surface area contributed by atoms with E-state index in [2.05, 4.69) is 11.1 Å². The molecule has 0 saturated heterocycles. The molecule has 7 heteroatoms. The predicted octanol–water partition coefficient (Wildman–Crippen LogP) is 3.21. The Morgan fingerprint density at radius 3 is 3.12 bits per heavy atom. The van der Waals surface area contributed by atoms with Gasteiger partial charge in [-0.2, -0.15) is 5.26 Å². The number of non-ortho nitro benzene ring substituents is 1. The lowest BCUT2D eigenvalue weighted by Crippen LogP contribution is -1.85. The molecule has 0 aliphatic heterocycles. The minimum atomic E-state index is -0.415. The first-order valence-corrected chi connectivity index (χ1v) is 6.55. The first-order chi connectivity index (χ1) is 8.20. The Labute approximate surface area is 105 Å². The molecule has 0 N–H and O–H groups in total. The molecule has 0 saturated carbocycles. The molecule has 17 heavy (non-hydrogen) atoms. The van der Waals surface area contributed by atoms with Crippen LogP contribution in [0.3, 0.4) is 0 Å². The van der Waals surface area contributed by atoms with Gasteiger partial charge >= 0.3 is 0 Å². The van der Waals surface area contributed by atoms with Gasteiger partial charge in [0.2, 0.25) is 0 Å². The van der Waals surface area contributed by atoms with Gasteiger partial charge < -0.3 is 0 Å². The van der Waals surface area contributed by atoms with E-state index in [4.69, 9.17) is 5.26 Å². The van der Waals surface area contributed by atoms with Crippen molar-refractivity contribution in [2.75, 3.05) is 5.75 Å². The number of hydrogen-bond donors (Lipinski definition) is 0. The fourth-order valence-corrected chi connectivity index (χ4v) is 3.27. The number of aromatic nitrogens is 1. The van der Waals surface area contributed by atoms with E-state index in [0.717, 1.165) is 14.6 Å². The van der Waals surface area contributed by atoms with Crippen molar-refractivity contribution in [3.05, 3.63) is 28.3 Å². The van der Waals surface area contributed by atoms with Crippen molar-refractivity contribution < 1.29 is 4.92 Å². The molecule has 2 rings (SSSR count). The molecular formula is C10H7N3O2S2. The third kappa shape index (κ3) is 2.72. The summed E-state index contributed by atoms with van der Waals surface area (Å²) >= 11 is 2.92. The van der Waals surface area contributed by atoms with E-state index in [1.165, 1.54) is 35.2 Å². The second-order valence-corrected chi connectivity index (χ2v) is 5.52. The molecular weight excluding hydrogens is 258 g/mol. The SMILES string of the molecule is N#CCCSc1nc2ccc([N+](=O)[O-])cc2s1. The highest BCUT2D eigenvalue weighted by Crippen LogP contribution is 2.31. The fraction of sp³-hybridized carbons (Fsp3) is 0.200. The quantitative estimate of drug-likeness (QED) is 0.367. The van der Waals surface area contributed by atoms with E-state index < -0.39 is 4.92 Å². The van der Waals surface area contributed by atoms with Crippen LogP contribution in [-0.2, 0) is 0 Å². The summed E-state index contributed by atoms with van der Waals surface area (Å²) in [5.41, 5.74) is 0.842. The first kappa shape index (κ1) is 11.8. The lowest BCUT2D eigenvalue weighted by Gasteiger charge is -1.88. The summed E-state index contributed by atoms with van der Waals surface area (Å²) in [6.07, 6.45) is 0.473. The third-order valence-corrected chi connectivity index (χ3v) is 4.17. The van der Waals surface area contributed by atoms with Gasteiger partial charge in [-0.25, -0.2) is 4.98 Å². The molecule has 86 valence electrons. The molecule has 0 bridgehead atoms. The van der Waals surface area contributed by atoms with Crippen molar-refractivity contribution >= 4 is 39.0 Å². The minimum Gasteiger partial charge on any atom is -0.258 e. The highest BCUT2D eigenvalue weighted by molar-refractivity contribution is 8.01. The zero-order chi connectivity index (χ0) is 12.3. The number of thiazole rings is 1. The summed E-state index contributed by atoms with van der Waals surface area (Å²) < 4.78 is 1.65. The number of nitro groups is 1. The Balaban J connectivity index is 2.25. The standard InChI is InChI=1S/C10H7N3O2S2/c11-4-1-5-16-10-12-8-3-2-7(13(14)15)6-9(8)17-10/h2-3,6H,1,5H2. The van der Waals surface area contributed by atoms with E-state index in [1.54, 1.807) is 6.07 Å². The molecule has 0 aliphatic rings. The molecule has 0 fully saturated rings. The van der Waals surface area contributed by atoms with Gasteiger partial charge in [-0.1, -0.05) is 11.8 Å². The van der Waals surface area contributed by atoms with Gasteiger partial charge in [0.25, 0.3) is 5.69 Å². The Bertz CT molecular complexity index is 603. The Kier molecular flexibility index (Phi) is 3.56. The number of rotatable bonds is 4. The maximum absolute atomic E-state index is 10.6. The fourth-order valence-electron chi connectivity index (χ4n) is 1.25. The Morgan fingerprint density at radius 1 is 1.59 bits per heavy atom. The maximum atomic E-state index is 10.6. The monoisotopic (exact) mass is 265 g/mol. The van der Waals surface area contributed by atoms with Crippen LogP contribution in [-0.4, -0.2) is 15.7 Å². The number of thioether (sulfide) groups is 1. The van der Waals surface area contributed by atoms with Gasteiger partial charge in [0.15, 0.2) is 4.34 Å². The van der Waals surface area contributed by atoms with Crippen LogP contribution in [0.1, 0.15) is 6.42 Å². The van der Waals surface area contributed by atoms with E-state index in [-0.39, 0.29) is 5.69 Å². The Morgan fingerprint density at radius 2 is 2.41 bits per heavy atom. The summed E-state index contributed by atoms with van der Waals surface area (Å²) in [6, 6.07) is 6.69. The maximum Gasteiger partial charge on any atom is 0.270 e. The highest BCUT2D eigenvalue weighted by Gasteiger charge is 2.10. The van der Waals surface area contributed by atoms with Crippen LogP contribution in [0.4, 0.5) is 5.69 Å². The average Bonchev–Trinajstić information content (AvgIpc) is 2.70. The Hall–Kier alpha value is -1.65. The molecule has 0 atom stereocenters. The smallest absolute Gasteiger partial charge is 0.258 e. The van der Waals surface area contributed by atoms with E-state index in [9.17, 15) is 10.1 Å². The van der Waals surface area contributed by atoms with Crippen molar-refractivity contribution in [2.45, 2.75) is 10.8 Å². The molecule has 1 heterocycles. The molecule has 0 aliphatic carbocycles. The lowest BCUT2D eigenvalue weighted by molar-refractivity contribution is -0.384. The van der Waals surface area contributed by atoms with Crippen molar-refractivity contribution in [3.8, 4) is 6.07 Å². The molecule has 0 radical (unpaired) electrons. The molecule has 2 aromatic rings. The van der Waals surface area contributed by atoms with Gasteiger partial charge in [0, 0.05) is 24.3 Å². The average molecular weight is 265 g/mol. The van der Waals surface area contributed by atoms with Crippen LogP contribution in [0.5, 0.6) is 0 Å². The number of nitrogens with zero attached hydrogens (tertiary/aromatic N) is 3. The van der Waals surface area contributed by atoms with Crippen molar-refractivity contribution in [1.82, 2.24) is 4.98 Å². The molecule has 1 aromatic carbocycles. The number of nitro benzene ring substituents is 1. The first-order valence-electron chi connectivity index (χ1n) is 4.75. The van der Waals surface area contributed by atoms with E-state index >= 15 is 0 Å². The second kappa shape index (κ2) is 5.12. The van der Waals surface area contributed by atoms with Gasteiger partial charge in [-0.3, -0.25) is 10.1 Å². The number of hydrogen-bond acceptors (Lipinski definition) is 6. The second-order valence-electron chi connectivity index (χ2n) is 3.15. The van der Waals surface area contributed by atoms with Crippen LogP contribution in [0, 0.1) is 21.4 Å². The van der Waals surface area contributed by atoms with Gasteiger partial charge in [-0.15, -0.1) is 11.3 Å². The minimum absolute atomic E-state index is 0.0784. The van der Waals surface area contributed by atoms with Gasteiger partial charge in [0.1, 0.15) is 0 Å². The van der Waals surface area contributed by atoms with Gasteiger partial charge in [0.05, 0.1) is 21.2 Å². The van der Waals surface area contributed by atoms with Crippen LogP contribution < -0.4 is 0 Å². The molecule has 0 amide bonds. The summed E-state index contributed by atoms with van der Waals surface area (Å²) in [6.45, 7) is 0. The highest BCUT2D eigenvalue weighted by atomic mass is 32.2. The van der Waals surface area contributed by atoms with E-state index in [1.807, 2.05) is 0 Å². The summed E-state index contributed by atoms with van der Waals surface area (Å²) in [4.78, 5) is 14.5. The number of fused-ring (bicyclic) bond motifs is 1. The van der Waals surface area contributed by atoms with Gasteiger partial charge in [-0.05, 0) is 6.07 Å². The largest absolute Gasteiger partial charge is 0.270 e. The van der Waals surface area contributed by atoms with Crippen LogP contribution in [0.25, 0.3) is 10.2 Å². The molecule has 0 spiro atoms.